The van der Waals surface area contributed by atoms with Crippen LogP contribution in [0.1, 0.15) is 5.56 Å². The molecule has 0 aliphatic carbocycles. The lowest BCUT2D eigenvalue weighted by molar-refractivity contribution is -0.117. The lowest BCUT2D eigenvalue weighted by Gasteiger charge is -2.34. The fourth-order valence-corrected chi connectivity index (χ4v) is 3.29. The fraction of sp³-hybridized carbons (Fsp3) is 0.350. The summed E-state index contributed by atoms with van der Waals surface area (Å²) in [5.74, 6) is 0.553. The second-order valence-corrected chi connectivity index (χ2v) is 6.87. The number of methoxy groups -OCH3 is 1. The van der Waals surface area contributed by atoms with Crippen LogP contribution in [0.15, 0.2) is 48.5 Å². The highest BCUT2D eigenvalue weighted by Crippen LogP contribution is 2.27. The van der Waals surface area contributed by atoms with Crippen LogP contribution in [0.2, 0.25) is 5.02 Å². The SMILES string of the molecule is COc1ccc(Cl)cc1NC(=O)CN1CCN(Cc2ccccc2)CC1. The highest BCUT2D eigenvalue weighted by molar-refractivity contribution is 6.31. The molecule has 1 heterocycles. The lowest BCUT2D eigenvalue weighted by atomic mass is 10.2. The topological polar surface area (TPSA) is 44.8 Å². The largest absolute Gasteiger partial charge is 0.495 e. The average Bonchev–Trinajstić information content (AvgIpc) is 2.64. The van der Waals surface area contributed by atoms with Crippen molar-refractivity contribution in [3.63, 3.8) is 0 Å². The van der Waals surface area contributed by atoms with Crippen molar-refractivity contribution in [2.45, 2.75) is 6.54 Å². The van der Waals surface area contributed by atoms with Gasteiger partial charge in [-0.3, -0.25) is 14.6 Å². The molecule has 1 fully saturated rings. The van der Waals surface area contributed by atoms with Gasteiger partial charge in [-0.05, 0) is 23.8 Å². The van der Waals surface area contributed by atoms with Crippen LogP contribution in [-0.2, 0) is 11.3 Å². The summed E-state index contributed by atoms with van der Waals surface area (Å²) in [5, 5.41) is 3.46. The van der Waals surface area contributed by atoms with E-state index < -0.39 is 0 Å². The van der Waals surface area contributed by atoms with E-state index in [1.54, 1.807) is 25.3 Å². The number of hydrogen-bond acceptors (Lipinski definition) is 4. The fourth-order valence-electron chi connectivity index (χ4n) is 3.12. The monoisotopic (exact) mass is 373 g/mol. The minimum Gasteiger partial charge on any atom is -0.495 e. The van der Waals surface area contributed by atoms with E-state index in [0.29, 0.717) is 23.0 Å². The molecule has 0 saturated carbocycles. The van der Waals surface area contributed by atoms with E-state index in [1.807, 2.05) is 6.07 Å². The number of carbonyl (C=O) groups excluding carboxylic acids is 1. The Bertz CT molecular complexity index is 731. The van der Waals surface area contributed by atoms with Gasteiger partial charge in [-0.1, -0.05) is 41.9 Å². The predicted octanol–water partition coefficient (Wildman–Crippen LogP) is 3.10. The van der Waals surface area contributed by atoms with Crippen molar-refractivity contribution < 1.29 is 9.53 Å². The number of nitrogens with zero attached hydrogens (tertiary/aromatic N) is 2. The smallest absolute Gasteiger partial charge is 0.238 e. The maximum Gasteiger partial charge on any atom is 0.238 e. The highest BCUT2D eigenvalue weighted by Gasteiger charge is 2.19. The number of amides is 1. The number of carbonyl (C=O) groups is 1. The standard InChI is InChI=1S/C20H24ClN3O2/c1-26-19-8-7-17(21)13-18(19)22-20(25)15-24-11-9-23(10-12-24)14-16-5-3-2-4-6-16/h2-8,13H,9-12,14-15H2,1H3,(H,22,25). The Morgan fingerprint density at radius 2 is 1.77 bits per heavy atom. The number of nitrogens with one attached hydrogen (secondary N) is 1. The Morgan fingerprint density at radius 1 is 1.08 bits per heavy atom. The van der Waals surface area contributed by atoms with Crippen LogP contribution < -0.4 is 10.1 Å². The molecule has 1 amide bonds. The summed E-state index contributed by atoms with van der Waals surface area (Å²) in [6.45, 7) is 5.01. The molecule has 1 aliphatic rings. The van der Waals surface area contributed by atoms with E-state index in [9.17, 15) is 4.79 Å². The van der Waals surface area contributed by atoms with Gasteiger partial charge >= 0.3 is 0 Å². The first kappa shape index (κ1) is 18.7. The molecule has 2 aromatic rings. The molecule has 3 rings (SSSR count). The highest BCUT2D eigenvalue weighted by atomic mass is 35.5. The third-order valence-corrected chi connectivity index (χ3v) is 4.75. The van der Waals surface area contributed by atoms with Gasteiger partial charge in [-0.15, -0.1) is 0 Å². The molecule has 0 atom stereocenters. The number of ether oxygens (including phenoxy) is 1. The summed E-state index contributed by atoms with van der Waals surface area (Å²) in [6, 6.07) is 15.7. The van der Waals surface area contributed by atoms with Gasteiger partial charge in [-0.2, -0.15) is 0 Å². The van der Waals surface area contributed by atoms with Crippen molar-refractivity contribution >= 4 is 23.2 Å². The van der Waals surface area contributed by atoms with Crippen LogP contribution in [0, 0.1) is 0 Å². The third kappa shape index (κ3) is 5.21. The summed E-state index contributed by atoms with van der Waals surface area (Å²) >= 11 is 6.01. The van der Waals surface area contributed by atoms with E-state index in [1.165, 1.54) is 5.56 Å². The quantitative estimate of drug-likeness (QED) is 0.845. The van der Waals surface area contributed by atoms with Crippen molar-refractivity contribution in [2.24, 2.45) is 0 Å². The van der Waals surface area contributed by atoms with Gasteiger partial charge in [0.15, 0.2) is 0 Å². The number of anilines is 1. The van der Waals surface area contributed by atoms with Gasteiger partial charge in [0.05, 0.1) is 19.3 Å². The first-order valence-electron chi connectivity index (χ1n) is 8.76. The summed E-state index contributed by atoms with van der Waals surface area (Å²) in [5.41, 5.74) is 1.93. The van der Waals surface area contributed by atoms with E-state index in [0.717, 1.165) is 32.7 Å². The van der Waals surface area contributed by atoms with Gasteiger partial charge in [-0.25, -0.2) is 0 Å². The second kappa shape index (κ2) is 9.03. The van der Waals surface area contributed by atoms with Crippen molar-refractivity contribution in [1.29, 1.82) is 0 Å². The summed E-state index contributed by atoms with van der Waals surface area (Å²) in [4.78, 5) is 17.0. The molecule has 6 heteroatoms. The number of rotatable bonds is 6. The normalized spacial score (nSPS) is 15.6. The molecule has 138 valence electrons. The molecule has 0 radical (unpaired) electrons. The first-order chi connectivity index (χ1) is 12.6. The zero-order valence-electron chi connectivity index (χ0n) is 15.0. The number of benzene rings is 2. The van der Waals surface area contributed by atoms with Gasteiger partial charge in [0, 0.05) is 37.7 Å². The van der Waals surface area contributed by atoms with E-state index in [4.69, 9.17) is 16.3 Å². The van der Waals surface area contributed by atoms with Crippen LogP contribution in [0.5, 0.6) is 5.75 Å². The van der Waals surface area contributed by atoms with Gasteiger partial charge in [0.2, 0.25) is 5.91 Å². The van der Waals surface area contributed by atoms with Gasteiger partial charge < -0.3 is 10.1 Å². The summed E-state index contributed by atoms with van der Waals surface area (Å²) < 4.78 is 5.27. The van der Waals surface area contributed by atoms with E-state index >= 15 is 0 Å². The molecule has 1 N–H and O–H groups in total. The van der Waals surface area contributed by atoms with Crippen LogP contribution in [0.3, 0.4) is 0 Å². The molecule has 26 heavy (non-hydrogen) atoms. The molecule has 1 aliphatic heterocycles. The van der Waals surface area contributed by atoms with Crippen molar-refractivity contribution in [2.75, 3.05) is 45.2 Å². The average molecular weight is 374 g/mol. The zero-order valence-corrected chi connectivity index (χ0v) is 15.7. The summed E-state index contributed by atoms with van der Waals surface area (Å²) in [7, 11) is 1.57. The predicted molar refractivity (Wildman–Crippen MR) is 105 cm³/mol. The molecular formula is C20H24ClN3O2. The number of hydrogen-bond donors (Lipinski definition) is 1. The molecular weight excluding hydrogens is 350 g/mol. The molecule has 2 aromatic carbocycles. The Hall–Kier alpha value is -2.08. The Kier molecular flexibility index (Phi) is 6.50. The summed E-state index contributed by atoms with van der Waals surface area (Å²) in [6.07, 6.45) is 0. The van der Waals surface area contributed by atoms with Crippen LogP contribution >= 0.6 is 11.6 Å². The molecule has 0 unspecified atom stereocenters. The van der Waals surface area contributed by atoms with Crippen molar-refractivity contribution in [3.8, 4) is 5.75 Å². The maximum atomic E-state index is 12.4. The molecule has 0 bridgehead atoms. The molecule has 0 spiro atoms. The van der Waals surface area contributed by atoms with Gasteiger partial charge in [0.1, 0.15) is 5.75 Å². The molecule has 5 nitrogen and oxygen atoms in total. The zero-order chi connectivity index (χ0) is 18.4. The minimum atomic E-state index is -0.0536. The lowest BCUT2D eigenvalue weighted by Crippen LogP contribution is -2.48. The van der Waals surface area contributed by atoms with Gasteiger partial charge in [0.25, 0.3) is 0 Å². The van der Waals surface area contributed by atoms with Crippen LogP contribution in [0.4, 0.5) is 5.69 Å². The molecule has 1 saturated heterocycles. The van der Waals surface area contributed by atoms with E-state index in [-0.39, 0.29) is 5.91 Å². The number of halogens is 1. The third-order valence-electron chi connectivity index (χ3n) is 4.52. The Balaban J connectivity index is 1.47. The first-order valence-corrected chi connectivity index (χ1v) is 9.14. The Morgan fingerprint density at radius 3 is 2.46 bits per heavy atom. The van der Waals surface area contributed by atoms with Crippen LogP contribution in [-0.4, -0.2) is 55.5 Å². The maximum absolute atomic E-state index is 12.4. The minimum absolute atomic E-state index is 0.0536. The number of piperazine rings is 1. The van der Waals surface area contributed by atoms with E-state index in [2.05, 4.69) is 39.4 Å². The van der Waals surface area contributed by atoms with Crippen molar-refractivity contribution in [3.05, 3.63) is 59.1 Å². The van der Waals surface area contributed by atoms with Crippen molar-refractivity contribution in [1.82, 2.24) is 9.80 Å². The second-order valence-electron chi connectivity index (χ2n) is 6.43. The Labute approximate surface area is 159 Å². The van der Waals surface area contributed by atoms with Crippen LogP contribution in [0.25, 0.3) is 0 Å². The molecule has 0 aromatic heterocycles.